The Morgan fingerprint density at radius 1 is 1.30 bits per heavy atom. The van der Waals surface area contributed by atoms with Gasteiger partial charge in [0.05, 0.1) is 6.61 Å². The van der Waals surface area contributed by atoms with Gasteiger partial charge in [-0.25, -0.2) is 4.79 Å². The predicted octanol–water partition coefficient (Wildman–Crippen LogP) is 0.152. The molecule has 0 aromatic heterocycles. The Morgan fingerprint density at radius 2 is 1.91 bits per heavy atom. The van der Waals surface area contributed by atoms with E-state index >= 15 is 0 Å². The average Bonchev–Trinajstić information content (AvgIpc) is 2.87. The van der Waals surface area contributed by atoms with Crippen molar-refractivity contribution in [3.63, 3.8) is 0 Å². The Hall–Kier alpha value is -0.930. The van der Waals surface area contributed by atoms with Crippen LogP contribution in [-0.4, -0.2) is 71.4 Å². The third-order valence-corrected chi connectivity index (χ3v) is 3.60. The number of rotatable bonds is 4. The first kappa shape index (κ1) is 18.4. The van der Waals surface area contributed by atoms with Crippen molar-refractivity contribution in [2.24, 2.45) is 0 Å². The van der Waals surface area contributed by atoms with Gasteiger partial charge in [-0.05, 0) is 34.6 Å². The summed E-state index contributed by atoms with van der Waals surface area (Å²) in [6.45, 7) is 8.59. The van der Waals surface area contributed by atoms with Crippen LogP contribution in [0, 0.1) is 0 Å². The monoisotopic (exact) mass is 333 g/mol. The van der Waals surface area contributed by atoms with E-state index in [0.717, 1.165) is 0 Å². The number of carbonyl (C=O) groups is 1. The normalized spacial score (nSPS) is 34.0. The average molecular weight is 333 g/mol. The molecule has 134 valence electrons. The van der Waals surface area contributed by atoms with Crippen molar-refractivity contribution >= 4 is 6.09 Å². The van der Waals surface area contributed by atoms with Crippen LogP contribution in [-0.2, 0) is 18.9 Å². The van der Waals surface area contributed by atoms with Gasteiger partial charge in [-0.1, -0.05) is 0 Å². The minimum atomic E-state index is -1.08. The van der Waals surface area contributed by atoms with Crippen molar-refractivity contribution < 1.29 is 34.0 Å². The third-order valence-electron chi connectivity index (χ3n) is 3.60. The highest BCUT2D eigenvalue weighted by Crippen LogP contribution is 2.39. The van der Waals surface area contributed by atoms with Gasteiger partial charge < -0.3 is 34.5 Å². The Labute approximate surface area is 136 Å². The lowest BCUT2D eigenvalue weighted by atomic mass is 10.0. The topological polar surface area (TPSA) is 106 Å². The van der Waals surface area contributed by atoms with Crippen molar-refractivity contribution in [1.29, 1.82) is 0 Å². The zero-order valence-electron chi connectivity index (χ0n) is 14.2. The van der Waals surface area contributed by atoms with Crippen molar-refractivity contribution in [3.8, 4) is 0 Å². The van der Waals surface area contributed by atoms with E-state index in [9.17, 15) is 9.90 Å². The minimum absolute atomic E-state index is 0.157. The molecule has 0 spiro atoms. The maximum absolute atomic E-state index is 11.8. The zero-order valence-corrected chi connectivity index (χ0v) is 14.2. The Morgan fingerprint density at radius 3 is 2.48 bits per heavy atom. The number of aliphatic hydroxyl groups excluding tert-OH is 2. The van der Waals surface area contributed by atoms with Crippen LogP contribution >= 0.6 is 0 Å². The molecule has 5 atom stereocenters. The highest BCUT2D eigenvalue weighted by molar-refractivity contribution is 5.67. The van der Waals surface area contributed by atoms with E-state index in [1.807, 2.05) is 0 Å². The van der Waals surface area contributed by atoms with E-state index in [4.69, 9.17) is 24.1 Å². The standard InChI is InChI=1S/C15H27NO7/c1-14(2,3)23-13(19)16-6-9-11-12(22-15(4,5)21-11)10(20-9)8(18)7-17/h8-12,17-18H,6-7H2,1-5H3,(H,16,19)/t8-,9-,10-,11-,12+/m1/s1. The smallest absolute Gasteiger partial charge is 0.407 e. The van der Waals surface area contributed by atoms with E-state index in [1.165, 1.54) is 0 Å². The highest BCUT2D eigenvalue weighted by atomic mass is 16.8. The summed E-state index contributed by atoms with van der Waals surface area (Å²) in [6, 6.07) is 0. The van der Waals surface area contributed by atoms with Crippen LogP contribution in [0.25, 0.3) is 0 Å². The van der Waals surface area contributed by atoms with Crippen LogP contribution < -0.4 is 5.32 Å². The van der Waals surface area contributed by atoms with Crippen molar-refractivity contribution in [2.75, 3.05) is 13.2 Å². The molecule has 3 N–H and O–H groups in total. The summed E-state index contributed by atoms with van der Waals surface area (Å²) >= 11 is 0. The summed E-state index contributed by atoms with van der Waals surface area (Å²) in [7, 11) is 0. The maximum Gasteiger partial charge on any atom is 0.407 e. The second kappa shape index (κ2) is 6.52. The SMILES string of the molecule is CC(C)(C)OC(=O)NC[C@H]1O[C@H]([C@H](O)CO)[C@@H]2OC(C)(C)O[C@@H]21. The minimum Gasteiger partial charge on any atom is -0.444 e. The summed E-state index contributed by atoms with van der Waals surface area (Å²) in [5.74, 6) is -0.809. The molecule has 8 heteroatoms. The fourth-order valence-corrected chi connectivity index (χ4v) is 2.79. The molecule has 2 fully saturated rings. The molecule has 8 nitrogen and oxygen atoms in total. The lowest BCUT2D eigenvalue weighted by Crippen LogP contribution is -2.41. The van der Waals surface area contributed by atoms with Gasteiger partial charge in [0.25, 0.3) is 0 Å². The van der Waals surface area contributed by atoms with Gasteiger partial charge in [-0.15, -0.1) is 0 Å². The van der Waals surface area contributed by atoms with Crippen molar-refractivity contribution in [2.45, 2.75) is 76.5 Å². The Kier molecular flexibility index (Phi) is 5.22. The lowest BCUT2D eigenvalue weighted by Gasteiger charge is -2.26. The van der Waals surface area contributed by atoms with E-state index in [0.29, 0.717) is 0 Å². The number of aliphatic hydroxyl groups is 2. The van der Waals surface area contributed by atoms with Crippen molar-refractivity contribution in [1.82, 2.24) is 5.32 Å². The molecule has 2 rings (SSSR count). The third kappa shape index (κ3) is 4.54. The summed E-state index contributed by atoms with van der Waals surface area (Å²) in [4.78, 5) is 11.8. The first-order chi connectivity index (χ1) is 10.5. The number of hydrogen-bond acceptors (Lipinski definition) is 7. The van der Waals surface area contributed by atoms with Crippen LogP contribution in [0.2, 0.25) is 0 Å². The highest BCUT2D eigenvalue weighted by Gasteiger charge is 2.56. The van der Waals surface area contributed by atoms with E-state index in [1.54, 1.807) is 34.6 Å². The molecule has 1 amide bonds. The lowest BCUT2D eigenvalue weighted by molar-refractivity contribution is -0.198. The molecular formula is C15H27NO7. The van der Waals surface area contributed by atoms with Gasteiger partial charge in [-0.3, -0.25) is 0 Å². The molecule has 2 aliphatic rings. The number of fused-ring (bicyclic) bond motifs is 1. The second-order valence-corrected chi connectivity index (χ2v) is 7.34. The molecule has 2 saturated heterocycles. The number of amides is 1. The number of ether oxygens (including phenoxy) is 4. The number of alkyl carbamates (subject to hydrolysis) is 1. The molecule has 0 unspecified atom stereocenters. The first-order valence-corrected chi connectivity index (χ1v) is 7.79. The van der Waals surface area contributed by atoms with Crippen LogP contribution in [0.1, 0.15) is 34.6 Å². The number of nitrogens with one attached hydrogen (secondary N) is 1. The fourth-order valence-electron chi connectivity index (χ4n) is 2.79. The summed E-state index contributed by atoms with van der Waals surface area (Å²) in [5.41, 5.74) is -0.590. The predicted molar refractivity (Wildman–Crippen MR) is 79.8 cm³/mol. The molecule has 2 aliphatic heterocycles. The van der Waals surface area contributed by atoms with Crippen LogP contribution in [0.5, 0.6) is 0 Å². The molecule has 0 aliphatic carbocycles. The van der Waals surface area contributed by atoms with Gasteiger partial charge in [0, 0.05) is 6.54 Å². The maximum atomic E-state index is 11.8. The van der Waals surface area contributed by atoms with E-state index < -0.39 is 54.6 Å². The second-order valence-electron chi connectivity index (χ2n) is 7.34. The molecule has 0 radical (unpaired) electrons. The van der Waals surface area contributed by atoms with Crippen LogP contribution in [0.4, 0.5) is 4.79 Å². The van der Waals surface area contributed by atoms with E-state index in [-0.39, 0.29) is 6.54 Å². The van der Waals surface area contributed by atoms with Crippen molar-refractivity contribution in [3.05, 3.63) is 0 Å². The largest absolute Gasteiger partial charge is 0.444 e. The summed E-state index contributed by atoms with van der Waals surface area (Å²) in [6.07, 6.45) is -3.78. The van der Waals surface area contributed by atoms with Gasteiger partial charge in [0.1, 0.15) is 36.1 Å². The van der Waals surface area contributed by atoms with E-state index in [2.05, 4.69) is 5.32 Å². The summed E-state index contributed by atoms with van der Waals surface area (Å²) < 4.78 is 22.5. The van der Waals surface area contributed by atoms with Crippen LogP contribution in [0.15, 0.2) is 0 Å². The quantitative estimate of drug-likeness (QED) is 0.672. The molecule has 0 aromatic rings. The summed E-state index contributed by atoms with van der Waals surface area (Å²) in [5, 5.41) is 21.7. The number of hydrogen-bond donors (Lipinski definition) is 3. The zero-order chi connectivity index (χ0) is 17.4. The molecule has 23 heavy (non-hydrogen) atoms. The number of carbonyl (C=O) groups excluding carboxylic acids is 1. The Bertz CT molecular complexity index is 434. The van der Waals surface area contributed by atoms with Gasteiger partial charge >= 0.3 is 6.09 Å². The molecular weight excluding hydrogens is 306 g/mol. The van der Waals surface area contributed by atoms with Gasteiger partial charge in [0.15, 0.2) is 5.79 Å². The van der Waals surface area contributed by atoms with Crippen LogP contribution in [0.3, 0.4) is 0 Å². The van der Waals surface area contributed by atoms with Gasteiger partial charge in [0.2, 0.25) is 0 Å². The molecule has 0 bridgehead atoms. The molecule has 0 saturated carbocycles. The first-order valence-electron chi connectivity index (χ1n) is 7.79. The molecule has 0 aromatic carbocycles. The Balaban J connectivity index is 1.98. The fraction of sp³-hybridized carbons (Fsp3) is 0.933. The van der Waals surface area contributed by atoms with Gasteiger partial charge in [-0.2, -0.15) is 0 Å². The molecule has 2 heterocycles.